The molecular formula is C13H20N4O2S. The fraction of sp³-hybridized carbons (Fsp3) is 0.769. The van der Waals surface area contributed by atoms with Gasteiger partial charge >= 0.3 is 5.97 Å². The minimum atomic E-state index is -0.812. The molecule has 110 valence electrons. The molecule has 1 aliphatic carbocycles. The van der Waals surface area contributed by atoms with Crippen LogP contribution in [0.1, 0.15) is 38.6 Å². The van der Waals surface area contributed by atoms with E-state index >= 15 is 0 Å². The molecule has 0 amide bonds. The molecule has 1 unspecified atom stereocenters. The Hall–Kier alpha value is -1.24. The summed E-state index contributed by atoms with van der Waals surface area (Å²) in [5.41, 5.74) is 0. The first-order valence-corrected chi connectivity index (χ1v) is 8.18. The highest BCUT2D eigenvalue weighted by Gasteiger charge is 2.32. The number of carboxylic acid groups (broad SMARTS) is 1. The summed E-state index contributed by atoms with van der Waals surface area (Å²) >= 11 is 1.27. The number of rotatable bonds is 5. The zero-order chi connectivity index (χ0) is 14.1. The topological polar surface area (TPSA) is 71.2 Å². The molecule has 1 atom stereocenters. The van der Waals surface area contributed by atoms with Crippen LogP contribution >= 0.6 is 11.8 Å². The third-order valence-corrected chi connectivity index (χ3v) is 4.75. The first-order valence-electron chi connectivity index (χ1n) is 7.19. The maximum absolute atomic E-state index is 10.7. The molecule has 1 N–H and O–H groups in total. The van der Waals surface area contributed by atoms with Crippen LogP contribution in [0.15, 0.2) is 5.16 Å². The van der Waals surface area contributed by atoms with Crippen molar-refractivity contribution in [2.24, 2.45) is 5.92 Å². The molecule has 1 saturated carbocycles. The van der Waals surface area contributed by atoms with E-state index in [4.69, 9.17) is 5.11 Å². The third-order valence-electron chi connectivity index (χ3n) is 3.82. The average Bonchev–Trinajstić information content (AvgIpc) is 3.16. The number of hydrogen-bond donors (Lipinski definition) is 1. The van der Waals surface area contributed by atoms with Gasteiger partial charge in [0.05, 0.1) is 5.75 Å². The largest absolute Gasteiger partial charge is 0.481 e. The molecule has 1 aromatic rings. The van der Waals surface area contributed by atoms with Gasteiger partial charge in [0.1, 0.15) is 0 Å². The van der Waals surface area contributed by atoms with E-state index in [0.29, 0.717) is 12.0 Å². The Morgan fingerprint density at radius 2 is 2.20 bits per heavy atom. The molecule has 1 aliphatic heterocycles. The Morgan fingerprint density at radius 3 is 2.85 bits per heavy atom. The predicted molar refractivity (Wildman–Crippen MR) is 77.3 cm³/mol. The zero-order valence-corrected chi connectivity index (χ0v) is 12.5. The van der Waals surface area contributed by atoms with Crippen molar-refractivity contribution in [3.05, 3.63) is 0 Å². The second-order valence-corrected chi connectivity index (χ2v) is 6.70. The maximum atomic E-state index is 10.7. The minimum absolute atomic E-state index is 0.0429. The van der Waals surface area contributed by atoms with E-state index in [2.05, 4.69) is 26.6 Å². The summed E-state index contributed by atoms with van der Waals surface area (Å²) in [6.07, 6.45) is 4.76. The van der Waals surface area contributed by atoms with Gasteiger partial charge in [0.15, 0.2) is 5.16 Å². The second-order valence-electron chi connectivity index (χ2n) is 5.76. The number of anilines is 1. The Bertz CT molecular complexity index is 501. The fourth-order valence-corrected chi connectivity index (χ4v) is 3.45. The average molecular weight is 296 g/mol. The van der Waals surface area contributed by atoms with Gasteiger partial charge in [0.2, 0.25) is 5.95 Å². The Morgan fingerprint density at radius 1 is 1.40 bits per heavy atom. The lowest BCUT2D eigenvalue weighted by Gasteiger charge is -2.31. The zero-order valence-electron chi connectivity index (χ0n) is 11.7. The number of hydrogen-bond acceptors (Lipinski definition) is 5. The standard InChI is InChI=1S/C13H20N4O2S/c1-9-3-2-6-16(7-9)12-14-15-13(20-8-11(18)19)17(12)10-4-5-10/h9-10H,2-8H2,1H3,(H,18,19). The van der Waals surface area contributed by atoms with Crippen molar-refractivity contribution in [3.8, 4) is 0 Å². The van der Waals surface area contributed by atoms with Crippen molar-refractivity contribution in [2.75, 3.05) is 23.7 Å². The fourth-order valence-electron chi connectivity index (χ4n) is 2.73. The van der Waals surface area contributed by atoms with E-state index in [1.54, 1.807) is 0 Å². The lowest BCUT2D eigenvalue weighted by atomic mass is 10.0. The van der Waals surface area contributed by atoms with Gasteiger partial charge in [-0.2, -0.15) is 0 Å². The summed E-state index contributed by atoms with van der Waals surface area (Å²) in [7, 11) is 0. The molecule has 6 nitrogen and oxygen atoms in total. The quantitative estimate of drug-likeness (QED) is 0.838. The SMILES string of the molecule is CC1CCCN(c2nnc(SCC(=O)O)n2C2CC2)C1. The van der Waals surface area contributed by atoms with Crippen LogP contribution in [0.5, 0.6) is 0 Å². The number of thioether (sulfide) groups is 1. The number of nitrogens with zero attached hydrogens (tertiary/aromatic N) is 4. The monoisotopic (exact) mass is 296 g/mol. The van der Waals surface area contributed by atoms with E-state index in [-0.39, 0.29) is 5.75 Å². The molecule has 3 rings (SSSR count). The van der Waals surface area contributed by atoms with Crippen molar-refractivity contribution in [3.63, 3.8) is 0 Å². The summed E-state index contributed by atoms with van der Waals surface area (Å²) in [4.78, 5) is 13.0. The normalized spacial score (nSPS) is 23.1. The first-order chi connectivity index (χ1) is 9.65. The highest BCUT2D eigenvalue weighted by Crippen LogP contribution is 2.41. The minimum Gasteiger partial charge on any atom is -0.481 e. The van der Waals surface area contributed by atoms with Crippen LogP contribution in [0.25, 0.3) is 0 Å². The molecule has 1 aromatic heterocycles. The van der Waals surface area contributed by atoms with Crippen LogP contribution in [0.4, 0.5) is 5.95 Å². The molecule has 0 aromatic carbocycles. The lowest BCUT2D eigenvalue weighted by Crippen LogP contribution is -2.36. The molecule has 0 radical (unpaired) electrons. The van der Waals surface area contributed by atoms with Crippen LogP contribution in [0, 0.1) is 5.92 Å². The molecule has 0 bridgehead atoms. The van der Waals surface area contributed by atoms with E-state index in [9.17, 15) is 4.79 Å². The number of carboxylic acids is 1. The maximum Gasteiger partial charge on any atom is 0.313 e. The van der Waals surface area contributed by atoms with E-state index in [1.807, 2.05) is 0 Å². The molecule has 7 heteroatoms. The van der Waals surface area contributed by atoms with Crippen LogP contribution in [0.2, 0.25) is 0 Å². The second kappa shape index (κ2) is 5.63. The summed E-state index contributed by atoms with van der Waals surface area (Å²) in [6, 6.07) is 0.466. The molecule has 2 aliphatic rings. The number of aromatic nitrogens is 3. The van der Waals surface area contributed by atoms with Gasteiger partial charge in [0, 0.05) is 19.1 Å². The van der Waals surface area contributed by atoms with Crippen molar-refractivity contribution >= 4 is 23.7 Å². The smallest absolute Gasteiger partial charge is 0.313 e. The van der Waals surface area contributed by atoms with Crippen molar-refractivity contribution in [2.45, 2.75) is 43.8 Å². The number of aliphatic carboxylic acids is 1. The van der Waals surface area contributed by atoms with Gasteiger partial charge in [-0.3, -0.25) is 9.36 Å². The van der Waals surface area contributed by atoms with Crippen molar-refractivity contribution in [1.29, 1.82) is 0 Å². The summed E-state index contributed by atoms with van der Waals surface area (Å²) in [6.45, 7) is 4.32. The molecule has 2 fully saturated rings. The van der Waals surface area contributed by atoms with Gasteiger partial charge in [0.25, 0.3) is 0 Å². The van der Waals surface area contributed by atoms with Gasteiger partial charge in [-0.1, -0.05) is 18.7 Å². The Labute approximate surface area is 122 Å². The first kappa shape index (κ1) is 13.7. The van der Waals surface area contributed by atoms with Crippen LogP contribution in [-0.4, -0.2) is 44.7 Å². The molecule has 20 heavy (non-hydrogen) atoms. The van der Waals surface area contributed by atoms with Gasteiger partial charge in [-0.15, -0.1) is 10.2 Å². The van der Waals surface area contributed by atoms with Crippen LogP contribution in [-0.2, 0) is 4.79 Å². The summed E-state index contributed by atoms with van der Waals surface area (Å²) in [5, 5.41) is 18.1. The molecule has 2 heterocycles. The summed E-state index contributed by atoms with van der Waals surface area (Å²) in [5.74, 6) is 0.852. The highest BCUT2D eigenvalue weighted by atomic mass is 32.2. The molecular weight excluding hydrogens is 276 g/mol. The lowest BCUT2D eigenvalue weighted by molar-refractivity contribution is -0.133. The van der Waals surface area contributed by atoms with Gasteiger partial charge in [-0.05, 0) is 31.6 Å². The number of piperidine rings is 1. The van der Waals surface area contributed by atoms with Crippen molar-refractivity contribution < 1.29 is 9.90 Å². The van der Waals surface area contributed by atoms with Gasteiger partial charge in [-0.25, -0.2) is 0 Å². The Balaban J connectivity index is 1.81. The molecule has 1 saturated heterocycles. The Kier molecular flexibility index (Phi) is 3.87. The third kappa shape index (κ3) is 2.92. The number of carbonyl (C=O) groups is 1. The molecule has 0 spiro atoms. The van der Waals surface area contributed by atoms with Crippen LogP contribution in [0.3, 0.4) is 0 Å². The van der Waals surface area contributed by atoms with Crippen LogP contribution < -0.4 is 4.90 Å². The van der Waals surface area contributed by atoms with E-state index in [1.165, 1.54) is 24.6 Å². The summed E-state index contributed by atoms with van der Waals surface area (Å²) < 4.78 is 2.16. The van der Waals surface area contributed by atoms with E-state index < -0.39 is 5.97 Å². The van der Waals surface area contributed by atoms with E-state index in [0.717, 1.165) is 37.0 Å². The van der Waals surface area contributed by atoms with Crippen molar-refractivity contribution in [1.82, 2.24) is 14.8 Å². The predicted octanol–water partition coefficient (Wildman–Crippen LogP) is 2.03. The highest BCUT2D eigenvalue weighted by molar-refractivity contribution is 7.99. The van der Waals surface area contributed by atoms with Gasteiger partial charge < -0.3 is 10.0 Å².